The molecule has 0 fully saturated rings. The summed E-state index contributed by atoms with van der Waals surface area (Å²) in [5, 5.41) is 12.2. The maximum absolute atomic E-state index is 12.3. The number of aliphatic carboxylic acids is 1. The summed E-state index contributed by atoms with van der Waals surface area (Å²) in [7, 11) is 0. The van der Waals surface area contributed by atoms with Gasteiger partial charge in [0, 0.05) is 23.9 Å². The van der Waals surface area contributed by atoms with E-state index < -0.39 is 5.97 Å². The summed E-state index contributed by atoms with van der Waals surface area (Å²) in [6, 6.07) is 14.9. The zero-order chi connectivity index (χ0) is 19.6. The Morgan fingerprint density at radius 1 is 1.15 bits per heavy atom. The summed E-state index contributed by atoms with van der Waals surface area (Å²) in [5.74, 6) is -0.346. The van der Waals surface area contributed by atoms with Gasteiger partial charge in [-0.15, -0.1) is 0 Å². The van der Waals surface area contributed by atoms with Crippen LogP contribution in [0.4, 0.5) is 0 Å². The first-order valence-corrected chi connectivity index (χ1v) is 9.28. The van der Waals surface area contributed by atoms with Gasteiger partial charge in [0.05, 0.1) is 6.61 Å². The van der Waals surface area contributed by atoms with E-state index in [1.165, 1.54) is 0 Å². The monoisotopic (exact) mass is 389 g/mol. The smallest absolute Gasteiger partial charge is 0.303 e. The number of rotatable bonds is 10. The largest absolute Gasteiger partial charge is 0.494 e. The summed E-state index contributed by atoms with van der Waals surface area (Å²) >= 11 is 6.15. The van der Waals surface area contributed by atoms with Crippen LogP contribution in [0.15, 0.2) is 48.5 Å². The highest BCUT2D eigenvalue weighted by Gasteiger charge is 2.14. The van der Waals surface area contributed by atoms with Gasteiger partial charge in [0.15, 0.2) is 0 Å². The van der Waals surface area contributed by atoms with Crippen LogP contribution >= 0.6 is 11.6 Å². The van der Waals surface area contributed by atoms with Gasteiger partial charge in [0.2, 0.25) is 5.91 Å². The zero-order valence-corrected chi connectivity index (χ0v) is 16.0. The molecule has 0 saturated heterocycles. The van der Waals surface area contributed by atoms with Crippen molar-refractivity contribution in [2.24, 2.45) is 5.92 Å². The van der Waals surface area contributed by atoms with E-state index in [0.717, 1.165) is 11.1 Å². The lowest BCUT2D eigenvalue weighted by Gasteiger charge is -2.13. The molecular weight excluding hydrogens is 366 g/mol. The third-order valence-electron chi connectivity index (χ3n) is 4.13. The van der Waals surface area contributed by atoms with Gasteiger partial charge in [-0.2, -0.15) is 0 Å². The molecule has 1 unspecified atom stereocenters. The van der Waals surface area contributed by atoms with Gasteiger partial charge in [-0.3, -0.25) is 9.59 Å². The minimum Gasteiger partial charge on any atom is -0.494 e. The molecule has 2 aromatic rings. The van der Waals surface area contributed by atoms with E-state index in [0.29, 0.717) is 36.8 Å². The van der Waals surface area contributed by atoms with Crippen molar-refractivity contribution in [1.29, 1.82) is 0 Å². The Kier molecular flexibility index (Phi) is 8.14. The fourth-order valence-corrected chi connectivity index (χ4v) is 2.78. The summed E-state index contributed by atoms with van der Waals surface area (Å²) in [5.41, 5.74) is 1.93. The normalized spacial score (nSPS) is 11.6. The number of amides is 1. The molecule has 0 aliphatic heterocycles. The van der Waals surface area contributed by atoms with Crippen molar-refractivity contribution in [1.82, 2.24) is 5.32 Å². The Labute approximate surface area is 164 Å². The van der Waals surface area contributed by atoms with Gasteiger partial charge in [-0.1, -0.05) is 48.9 Å². The van der Waals surface area contributed by atoms with Gasteiger partial charge in [-0.05, 0) is 42.2 Å². The lowest BCUT2D eigenvalue weighted by Crippen LogP contribution is -2.29. The Bertz CT molecular complexity index is 761. The van der Waals surface area contributed by atoms with Gasteiger partial charge in [0.25, 0.3) is 0 Å². The summed E-state index contributed by atoms with van der Waals surface area (Å²) in [6.45, 7) is 2.68. The number of hydrogen-bond donors (Lipinski definition) is 2. The molecule has 27 heavy (non-hydrogen) atoms. The quantitative estimate of drug-likeness (QED) is 0.600. The molecule has 0 radical (unpaired) electrons. The first kappa shape index (κ1) is 20.8. The Balaban J connectivity index is 1.76. The van der Waals surface area contributed by atoms with Gasteiger partial charge in [-0.25, -0.2) is 0 Å². The van der Waals surface area contributed by atoms with Crippen LogP contribution in [0.5, 0.6) is 5.75 Å². The minimum absolute atomic E-state index is 0.0242. The number of carboxylic acids is 1. The molecule has 2 N–H and O–H groups in total. The highest BCUT2D eigenvalue weighted by atomic mass is 35.5. The van der Waals surface area contributed by atoms with E-state index in [-0.39, 0.29) is 18.2 Å². The molecule has 0 aromatic heterocycles. The summed E-state index contributed by atoms with van der Waals surface area (Å²) in [6.07, 6.45) is 1.15. The molecule has 6 heteroatoms. The molecule has 5 nitrogen and oxygen atoms in total. The molecular formula is C21H24ClNO4. The maximum atomic E-state index is 12.3. The SMILES string of the molecule is CC(Cc1ccccc1Cl)C(=O)NCc1ccc(OCCCC(=O)O)cc1. The molecule has 0 heterocycles. The van der Waals surface area contributed by atoms with Crippen LogP contribution in [0, 0.1) is 5.92 Å². The number of halogens is 1. The fraction of sp³-hybridized carbons (Fsp3) is 0.333. The number of hydrogen-bond acceptors (Lipinski definition) is 3. The van der Waals surface area contributed by atoms with Crippen molar-refractivity contribution in [3.05, 3.63) is 64.7 Å². The van der Waals surface area contributed by atoms with Crippen molar-refractivity contribution in [3.8, 4) is 5.75 Å². The molecule has 144 valence electrons. The predicted octanol–water partition coefficient (Wildman–Crippen LogP) is 4.08. The second-order valence-corrected chi connectivity index (χ2v) is 6.81. The number of carbonyl (C=O) groups excluding carboxylic acids is 1. The van der Waals surface area contributed by atoms with Crippen LogP contribution < -0.4 is 10.1 Å². The first-order valence-electron chi connectivity index (χ1n) is 8.90. The predicted molar refractivity (Wildman–Crippen MR) is 105 cm³/mol. The maximum Gasteiger partial charge on any atom is 0.303 e. The molecule has 2 aromatic carbocycles. The second-order valence-electron chi connectivity index (χ2n) is 6.40. The molecule has 1 atom stereocenters. The molecule has 2 rings (SSSR count). The van der Waals surface area contributed by atoms with Crippen LogP contribution in [0.2, 0.25) is 5.02 Å². The van der Waals surface area contributed by atoms with E-state index in [9.17, 15) is 9.59 Å². The molecule has 0 spiro atoms. The second kappa shape index (κ2) is 10.6. The number of ether oxygens (including phenoxy) is 1. The van der Waals surface area contributed by atoms with Crippen molar-refractivity contribution in [3.63, 3.8) is 0 Å². The average Bonchev–Trinajstić information content (AvgIpc) is 2.66. The Hall–Kier alpha value is -2.53. The Morgan fingerprint density at radius 2 is 1.85 bits per heavy atom. The minimum atomic E-state index is -0.826. The van der Waals surface area contributed by atoms with Gasteiger partial charge < -0.3 is 15.2 Å². The number of nitrogens with one attached hydrogen (secondary N) is 1. The van der Waals surface area contributed by atoms with Gasteiger partial charge in [0.1, 0.15) is 5.75 Å². The highest BCUT2D eigenvalue weighted by Crippen LogP contribution is 2.19. The highest BCUT2D eigenvalue weighted by molar-refractivity contribution is 6.31. The number of benzene rings is 2. The van der Waals surface area contributed by atoms with Crippen molar-refractivity contribution >= 4 is 23.5 Å². The third kappa shape index (κ3) is 7.31. The van der Waals surface area contributed by atoms with Crippen molar-refractivity contribution in [2.75, 3.05) is 6.61 Å². The van der Waals surface area contributed by atoms with Crippen LogP contribution in [0.25, 0.3) is 0 Å². The topological polar surface area (TPSA) is 75.6 Å². The molecule has 1 amide bonds. The van der Waals surface area contributed by atoms with E-state index in [1.54, 1.807) is 0 Å². The van der Waals surface area contributed by atoms with Crippen molar-refractivity contribution in [2.45, 2.75) is 32.7 Å². The van der Waals surface area contributed by atoms with Crippen molar-refractivity contribution < 1.29 is 19.4 Å². The number of carboxylic acid groups (broad SMARTS) is 1. The molecule has 0 aliphatic rings. The van der Waals surface area contributed by atoms with E-state index in [2.05, 4.69) is 5.32 Å². The van der Waals surface area contributed by atoms with E-state index in [4.69, 9.17) is 21.4 Å². The summed E-state index contributed by atoms with van der Waals surface area (Å²) in [4.78, 5) is 22.8. The molecule has 0 bridgehead atoms. The standard InChI is InChI=1S/C21H24ClNO4/c1-15(13-17-5-2-3-6-19(17)22)21(26)23-14-16-8-10-18(11-9-16)27-12-4-7-20(24)25/h2-3,5-6,8-11,15H,4,7,12-14H2,1H3,(H,23,26)(H,24,25). The van der Waals surface area contributed by atoms with E-state index in [1.807, 2.05) is 55.5 Å². The fourth-order valence-electron chi connectivity index (χ4n) is 2.57. The lowest BCUT2D eigenvalue weighted by atomic mass is 10.0. The first-order chi connectivity index (χ1) is 13.0. The van der Waals surface area contributed by atoms with Crippen LogP contribution in [0.1, 0.15) is 30.9 Å². The zero-order valence-electron chi connectivity index (χ0n) is 15.3. The van der Waals surface area contributed by atoms with Crippen LogP contribution in [-0.2, 0) is 22.6 Å². The van der Waals surface area contributed by atoms with Crippen LogP contribution in [-0.4, -0.2) is 23.6 Å². The summed E-state index contributed by atoms with van der Waals surface area (Å²) < 4.78 is 5.49. The Morgan fingerprint density at radius 3 is 2.52 bits per heavy atom. The van der Waals surface area contributed by atoms with Gasteiger partial charge >= 0.3 is 5.97 Å². The lowest BCUT2D eigenvalue weighted by molar-refractivity contribution is -0.137. The number of carbonyl (C=O) groups is 2. The average molecular weight is 390 g/mol. The van der Waals surface area contributed by atoms with E-state index >= 15 is 0 Å². The van der Waals surface area contributed by atoms with Crippen LogP contribution in [0.3, 0.4) is 0 Å². The molecule has 0 aliphatic carbocycles. The third-order valence-corrected chi connectivity index (χ3v) is 4.49. The molecule has 0 saturated carbocycles.